The van der Waals surface area contributed by atoms with E-state index in [-0.39, 0.29) is 33.0 Å². The Balaban J connectivity index is 1.79. The summed E-state index contributed by atoms with van der Waals surface area (Å²) < 4.78 is 64.4. The molecule has 3 N–H and O–H groups in total. The van der Waals surface area contributed by atoms with Gasteiger partial charge >= 0.3 is 6.18 Å². The number of aliphatic hydroxyl groups is 1. The molecule has 0 aliphatic rings. The number of carbonyl (C=O) groups excluding carboxylic acids is 2. The third-order valence-electron chi connectivity index (χ3n) is 4.95. The standard InChI is InChI=1S/C23H18ClF3N2O5S/c1-22(32,23(25,26)27)21(31)29-19-12-11-17(13-18(19)24)35(33,34)16-9-7-14(8-10-16)20(30)28-15-5-3-2-4-6-15/h2-13,32H,1H3,(H,28,30)(H,29,31)/t22-/m1/s1. The first kappa shape index (κ1) is 26.2. The van der Waals surface area contributed by atoms with E-state index in [0.29, 0.717) is 5.69 Å². The topological polar surface area (TPSA) is 113 Å². The highest BCUT2D eigenvalue weighted by atomic mass is 35.5. The lowest BCUT2D eigenvalue weighted by molar-refractivity contribution is -0.242. The molecule has 2 amide bonds. The maximum Gasteiger partial charge on any atom is 0.426 e. The fourth-order valence-corrected chi connectivity index (χ4v) is 4.36. The predicted octanol–water partition coefficient (Wildman–Crippen LogP) is 4.68. The number of nitrogens with one attached hydrogen (secondary N) is 2. The molecule has 0 saturated carbocycles. The molecule has 0 unspecified atom stereocenters. The van der Waals surface area contributed by atoms with Crippen molar-refractivity contribution in [2.45, 2.75) is 28.5 Å². The summed E-state index contributed by atoms with van der Waals surface area (Å²) in [6, 6.07) is 16.7. The zero-order valence-corrected chi connectivity index (χ0v) is 19.5. The number of para-hydroxylation sites is 1. The van der Waals surface area contributed by atoms with Crippen molar-refractivity contribution in [3.8, 4) is 0 Å². The number of halogens is 4. The maximum atomic E-state index is 12.9. The van der Waals surface area contributed by atoms with Gasteiger partial charge < -0.3 is 15.7 Å². The van der Waals surface area contributed by atoms with Crippen molar-refractivity contribution in [1.82, 2.24) is 0 Å². The summed E-state index contributed by atoms with van der Waals surface area (Å²) in [7, 11) is -4.12. The number of benzene rings is 3. The monoisotopic (exact) mass is 526 g/mol. The van der Waals surface area contributed by atoms with Crippen LogP contribution in [-0.4, -0.2) is 37.1 Å². The quantitative estimate of drug-likeness (QED) is 0.432. The Labute approximate surface area is 203 Å². The van der Waals surface area contributed by atoms with Crippen LogP contribution < -0.4 is 10.6 Å². The summed E-state index contributed by atoms with van der Waals surface area (Å²) in [5.74, 6) is -2.23. The molecule has 7 nitrogen and oxygen atoms in total. The van der Waals surface area contributed by atoms with E-state index in [1.807, 2.05) is 5.32 Å². The number of amides is 2. The van der Waals surface area contributed by atoms with Gasteiger partial charge in [0.25, 0.3) is 11.8 Å². The molecule has 12 heteroatoms. The zero-order chi connectivity index (χ0) is 26.0. The highest BCUT2D eigenvalue weighted by Gasteiger charge is 2.55. The van der Waals surface area contributed by atoms with Crippen LogP contribution in [0.5, 0.6) is 0 Å². The zero-order valence-electron chi connectivity index (χ0n) is 17.9. The molecule has 0 fully saturated rings. The molecule has 0 heterocycles. The molecule has 3 aromatic carbocycles. The third-order valence-corrected chi connectivity index (χ3v) is 7.03. The summed E-state index contributed by atoms with van der Waals surface area (Å²) in [6.45, 7) is 0.277. The average Bonchev–Trinajstić information content (AvgIpc) is 2.80. The Morgan fingerprint density at radius 1 is 0.886 bits per heavy atom. The van der Waals surface area contributed by atoms with Crippen LogP contribution in [0.3, 0.4) is 0 Å². The molecule has 184 valence electrons. The molecule has 0 bridgehead atoms. The summed E-state index contributed by atoms with van der Waals surface area (Å²) >= 11 is 5.98. The van der Waals surface area contributed by atoms with Crippen LogP contribution in [0.15, 0.2) is 82.6 Å². The molecular formula is C23H18ClF3N2O5S. The molecule has 0 saturated heterocycles. The molecule has 0 aliphatic carbocycles. The molecule has 0 aliphatic heterocycles. The Morgan fingerprint density at radius 2 is 1.46 bits per heavy atom. The predicted molar refractivity (Wildman–Crippen MR) is 123 cm³/mol. The summed E-state index contributed by atoms with van der Waals surface area (Å²) in [5, 5.41) is 13.6. The van der Waals surface area contributed by atoms with Crippen molar-refractivity contribution in [2.75, 3.05) is 10.6 Å². The lowest BCUT2D eigenvalue weighted by atomic mass is 10.1. The highest BCUT2D eigenvalue weighted by Crippen LogP contribution is 2.33. The van der Waals surface area contributed by atoms with Crippen LogP contribution in [-0.2, 0) is 14.6 Å². The van der Waals surface area contributed by atoms with Crippen LogP contribution >= 0.6 is 11.6 Å². The summed E-state index contributed by atoms with van der Waals surface area (Å²) in [5.41, 5.74) is -3.24. The van der Waals surface area contributed by atoms with Gasteiger partial charge in [0.15, 0.2) is 0 Å². The SMILES string of the molecule is C[C@@](O)(C(=O)Nc1ccc(S(=O)(=O)c2ccc(C(=O)Nc3ccccc3)cc2)cc1Cl)C(F)(F)F. The number of anilines is 2. The van der Waals surface area contributed by atoms with E-state index < -0.39 is 33.4 Å². The van der Waals surface area contributed by atoms with Crippen LogP contribution in [0.1, 0.15) is 17.3 Å². The first-order chi connectivity index (χ1) is 16.2. The van der Waals surface area contributed by atoms with Crippen molar-refractivity contribution in [3.05, 3.63) is 83.4 Å². The number of carbonyl (C=O) groups is 2. The van der Waals surface area contributed by atoms with Crippen LogP contribution in [0.25, 0.3) is 0 Å². The molecule has 35 heavy (non-hydrogen) atoms. The second kappa shape index (κ2) is 9.68. The van der Waals surface area contributed by atoms with Crippen molar-refractivity contribution in [3.63, 3.8) is 0 Å². The van der Waals surface area contributed by atoms with Gasteiger partial charge in [-0.05, 0) is 61.5 Å². The lowest BCUT2D eigenvalue weighted by Gasteiger charge is -2.25. The Bertz CT molecular complexity index is 1360. The highest BCUT2D eigenvalue weighted by molar-refractivity contribution is 7.91. The second-order valence-corrected chi connectivity index (χ2v) is 9.87. The lowest BCUT2D eigenvalue weighted by Crippen LogP contribution is -2.52. The minimum atomic E-state index is -5.24. The minimum absolute atomic E-state index is 0.165. The Morgan fingerprint density at radius 3 is 2.00 bits per heavy atom. The van der Waals surface area contributed by atoms with Crippen molar-refractivity contribution in [2.24, 2.45) is 0 Å². The third kappa shape index (κ3) is 5.64. The van der Waals surface area contributed by atoms with E-state index in [2.05, 4.69) is 5.32 Å². The molecule has 3 aromatic rings. The number of alkyl halides is 3. The summed E-state index contributed by atoms with van der Waals surface area (Å²) in [6.07, 6.45) is -5.24. The van der Waals surface area contributed by atoms with Crippen LogP contribution in [0.4, 0.5) is 24.5 Å². The van der Waals surface area contributed by atoms with E-state index in [4.69, 9.17) is 11.6 Å². The second-order valence-electron chi connectivity index (χ2n) is 7.51. The van der Waals surface area contributed by atoms with E-state index >= 15 is 0 Å². The first-order valence-corrected chi connectivity index (χ1v) is 11.7. The molecular weight excluding hydrogens is 509 g/mol. The Hall–Kier alpha value is -3.41. The van der Waals surface area contributed by atoms with E-state index in [9.17, 15) is 36.3 Å². The summed E-state index contributed by atoms with van der Waals surface area (Å²) in [4.78, 5) is 23.7. The van der Waals surface area contributed by atoms with Gasteiger partial charge in [0.2, 0.25) is 15.4 Å². The maximum absolute atomic E-state index is 12.9. The van der Waals surface area contributed by atoms with Crippen LogP contribution in [0, 0.1) is 0 Å². The van der Waals surface area contributed by atoms with Crippen molar-refractivity contribution < 1.29 is 36.3 Å². The smallest absolute Gasteiger partial charge is 0.373 e. The number of hydrogen-bond acceptors (Lipinski definition) is 5. The van der Waals surface area contributed by atoms with Gasteiger partial charge in [-0.15, -0.1) is 0 Å². The molecule has 0 aromatic heterocycles. The largest absolute Gasteiger partial charge is 0.426 e. The van der Waals surface area contributed by atoms with Gasteiger partial charge in [-0.2, -0.15) is 13.2 Å². The van der Waals surface area contributed by atoms with E-state index in [1.165, 1.54) is 24.3 Å². The normalized spacial score (nSPS) is 13.5. The van der Waals surface area contributed by atoms with Gasteiger partial charge in [0.05, 0.1) is 20.5 Å². The van der Waals surface area contributed by atoms with Gasteiger partial charge in [0.1, 0.15) is 0 Å². The van der Waals surface area contributed by atoms with E-state index in [0.717, 1.165) is 18.2 Å². The van der Waals surface area contributed by atoms with Gasteiger partial charge in [-0.1, -0.05) is 29.8 Å². The number of hydrogen-bond donors (Lipinski definition) is 3. The van der Waals surface area contributed by atoms with Gasteiger partial charge in [-0.3, -0.25) is 9.59 Å². The molecule has 0 radical (unpaired) electrons. The number of rotatable bonds is 6. The van der Waals surface area contributed by atoms with Gasteiger partial charge in [0, 0.05) is 11.3 Å². The van der Waals surface area contributed by atoms with Crippen molar-refractivity contribution in [1.29, 1.82) is 0 Å². The molecule has 1 atom stereocenters. The minimum Gasteiger partial charge on any atom is -0.373 e. The first-order valence-electron chi connectivity index (χ1n) is 9.85. The van der Waals surface area contributed by atoms with Crippen LogP contribution in [0.2, 0.25) is 5.02 Å². The molecule has 0 spiro atoms. The molecule has 3 rings (SSSR count). The fourth-order valence-electron chi connectivity index (χ4n) is 2.78. The number of sulfone groups is 1. The average molecular weight is 527 g/mol. The van der Waals surface area contributed by atoms with Crippen molar-refractivity contribution >= 4 is 44.6 Å². The van der Waals surface area contributed by atoms with E-state index in [1.54, 1.807) is 30.3 Å². The van der Waals surface area contributed by atoms with Gasteiger partial charge in [-0.25, -0.2) is 8.42 Å². The fraction of sp³-hybridized carbons (Fsp3) is 0.130. The Kier molecular flexibility index (Phi) is 7.25.